The van der Waals surface area contributed by atoms with Crippen molar-refractivity contribution in [2.75, 3.05) is 26.2 Å². The Balaban J connectivity index is 0.00000280. The number of hydrogen-bond donors (Lipinski definition) is 1. The van der Waals surface area contributed by atoms with Crippen molar-refractivity contribution in [3.63, 3.8) is 0 Å². The molecule has 1 aliphatic heterocycles. The summed E-state index contributed by atoms with van der Waals surface area (Å²) in [5.41, 5.74) is 8.29. The van der Waals surface area contributed by atoms with E-state index in [0.717, 1.165) is 11.1 Å². The lowest BCUT2D eigenvalue weighted by atomic mass is 9.91. The highest BCUT2D eigenvalue weighted by atomic mass is 35.5. The van der Waals surface area contributed by atoms with Crippen molar-refractivity contribution in [3.8, 4) is 0 Å². The lowest BCUT2D eigenvalue weighted by Gasteiger charge is -2.38. The molecule has 1 aliphatic rings. The van der Waals surface area contributed by atoms with E-state index >= 15 is 0 Å². The van der Waals surface area contributed by atoms with Crippen molar-refractivity contribution in [3.05, 3.63) is 71.3 Å². The molecule has 1 heterocycles. The highest BCUT2D eigenvalue weighted by Crippen LogP contribution is 2.21. The maximum absolute atomic E-state index is 12.9. The Labute approximate surface area is 172 Å². The van der Waals surface area contributed by atoms with Crippen molar-refractivity contribution in [1.82, 2.24) is 9.80 Å². The highest BCUT2D eigenvalue weighted by Gasteiger charge is 2.36. The number of hydrogen-bond acceptors (Lipinski definition) is 3. The number of halogens is 1. The van der Waals surface area contributed by atoms with Gasteiger partial charge in [0.25, 0.3) is 0 Å². The second-order valence-corrected chi connectivity index (χ2v) is 7.40. The van der Waals surface area contributed by atoms with Crippen LogP contribution in [-0.2, 0) is 21.5 Å². The molecule has 28 heavy (non-hydrogen) atoms. The van der Waals surface area contributed by atoms with Crippen LogP contribution < -0.4 is 5.73 Å². The smallest absolute Gasteiger partial charge is 0.247 e. The molecule has 1 atom stereocenters. The number of nitrogens with zero attached hydrogens (tertiary/aromatic N) is 2. The van der Waals surface area contributed by atoms with Crippen LogP contribution in [0.3, 0.4) is 0 Å². The molecule has 2 amide bonds. The highest BCUT2D eigenvalue weighted by molar-refractivity contribution is 5.87. The first kappa shape index (κ1) is 21.9. The van der Waals surface area contributed by atoms with E-state index in [1.165, 1.54) is 5.56 Å². The third-order valence-electron chi connectivity index (χ3n) is 5.21. The lowest BCUT2D eigenvalue weighted by Crippen LogP contribution is -2.57. The molecular weight excluding hydrogens is 374 g/mol. The number of amides is 2. The van der Waals surface area contributed by atoms with Gasteiger partial charge in [0.15, 0.2) is 0 Å². The third kappa shape index (κ3) is 4.91. The molecule has 2 aromatic carbocycles. The van der Waals surface area contributed by atoms with Gasteiger partial charge in [-0.05, 0) is 25.0 Å². The molecule has 1 fully saturated rings. The molecule has 0 bridgehead atoms. The number of piperazine rings is 1. The molecule has 5 nitrogen and oxygen atoms in total. The van der Waals surface area contributed by atoms with E-state index in [9.17, 15) is 9.59 Å². The summed E-state index contributed by atoms with van der Waals surface area (Å²) >= 11 is 0. The van der Waals surface area contributed by atoms with Crippen molar-refractivity contribution < 1.29 is 9.59 Å². The summed E-state index contributed by atoms with van der Waals surface area (Å²) in [5.74, 6) is 0.00357. The molecule has 0 radical (unpaired) electrons. The van der Waals surface area contributed by atoms with Crippen LogP contribution >= 0.6 is 12.4 Å². The summed E-state index contributed by atoms with van der Waals surface area (Å²) in [4.78, 5) is 29.1. The van der Waals surface area contributed by atoms with Crippen LogP contribution in [-0.4, -0.2) is 47.8 Å². The summed E-state index contributed by atoms with van der Waals surface area (Å²) in [6, 6.07) is 17.4. The first-order chi connectivity index (χ1) is 12.9. The molecule has 0 saturated carbocycles. The van der Waals surface area contributed by atoms with Gasteiger partial charge in [-0.25, -0.2) is 0 Å². The predicted octanol–water partition coefficient (Wildman–Crippen LogP) is 2.50. The molecule has 0 aromatic heterocycles. The minimum absolute atomic E-state index is 0. The summed E-state index contributed by atoms with van der Waals surface area (Å²) in [7, 11) is 0. The first-order valence-electron chi connectivity index (χ1n) is 9.35. The van der Waals surface area contributed by atoms with Gasteiger partial charge < -0.3 is 15.5 Å². The number of carbonyl (C=O) groups is 2. The van der Waals surface area contributed by atoms with Crippen LogP contribution in [0.5, 0.6) is 0 Å². The largest absolute Gasteiger partial charge is 0.339 e. The summed E-state index contributed by atoms with van der Waals surface area (Å²) in [6.45, 7) is 5.89. The Morgan fingerprint density at radius 1 is 0.929 bits per heavy atom. The molecular formula is C22H28ClN3O2. The average Bonchev–Trinajstić information content (AvgIpc) is 2.70. The maximum atomic E-state index is 12.9. The zero-order valence-corrected chi connectivity index (χ0v) is 17.2. The van der Waals surface area contributed by atoms with Crippen LogP contribution in [0.4, 0.5) is 0 Å². The molecule has 3 rings (SSSR count). The van der Waals surface area contributed by atoms with Crippen LogP contribution in [0.25, 0.3) is 0 Å². The topological polar surface area (TPSA) is 66.6 Å². The Morgan fingerprint density at radius 3 is 2.04 bits per heavy atom. The SMILES string of the molecule is Cc1ccc(CC(=O)N2CCN(C(=O)C(C)(N)c3ccccc3)CC2)cc1.Cl. The van der Waals surface area contributed by atoms with Crippen LogP contribution in [0.15, 0.2) is 54.6 Å². The fraction of sp³-hybridized carbons (Fsp3) is 0.364. The second-order valence-electron chi connectivity index (χ2n) is 7.40. The van der Waals surface area contributed by atoms with Gasteiger partial charge in [-0.2, -0.15) is 0 Å². The summed E-state index contributed by atoms with van der Waals surface area (Å²) < 4.78 is 0. The van der Waals surface area contributed by atoms with Gasteiger partial charge >= 0.3 is 0 Å². The number of aryl methyl sites for hydroxylation is 1. The van der Waals surface area contributed by atoms with E-state index in [1.54, 1.807) is 11.8 Å². The van der Waals surface area contributed by atoms with Crippen LogP contribution in [0, 0.1) is 6.92 Å². The Bertz CT molecular complexity index is 798. The normalized spacial score (nSPS) is 16.1. The van der Waals surface area contributed by atoms with Crippen molar-refractivity contribution in [2.24, 2.45) is 5.73 Å². The van der Waals surface area contributed by atoms with Crippen molar-refractivity contribution in [1.29, 1.82) is 0 Å². The molecule has 150 valence electrons. The minimum atomic E-state index is -1.06. The van der Waals surface area contributed by atoms with Gasteiger partial charge in [0.1, 0.15) is 5.54 Å². The number of nitrogens with two attached hydrogens (primary N) is 1. The summed E-state index contributed by atoms with van der Waals surface area (Å²) in [5, 5.41) is 0. The number of rotatable bonds is 4. The molecule has 0 spiro atoms. The second kappa shape index (κ2) is 9.22. The average molecular weight is 402 g/mol. The number of carbonyl (C=O) groups excluding carboxylic acids is 2. The fourth-order valence-electron chi connectivity index (χ4n) is 3.39. The third-order valence-corrected chi connectivity index (χ3v) is 5.21. The van der Waals surface area contributed by atoms with E-state index in [2.05, 4.69) is 0 Å². The van der Waals surface area contributed by atoms with Gasteiger partial charge in [-0.3, -0.25) is 9.59 Å². The molecule has 0 aliphatic carbocycles. The van der Waals surface area contributed by atoms with E-state index in [4.69, 9.17) is 5.73 Å². The Kier molecular flexibility index (Phi) is 7.22. The minimum Gasteiger partial charge on any atom is -0.339 e. The fourth-order valence-corrected chi connectivity index (χ4v) is 3.39. The van der Waals surface area contributed by atoms with E-state index in [-0.39, 0.29) is 24.2 Å². The van der Waals surface area contributed by atoms with Crippen molar-refractivity contribution in [2.45, 2.75) is 25.8 Å². The van der Waals surface area contributed by atoms with Crippen LogP contribution in [0.2, 0.25) is 0 Å². The molecule has 6 heteroatoms. The van der Waals surface area contributed by atoms with Crippen LogP contribution in [0.1, 0.15) is 23.6 Å². The lowest BCUT2D eigenvalue weighted by molar-refractivity contribution is -0.142. The van der Waals surface area contributed by atoms with E-state index < -0.39 is 5.54 Å². The standard InChI is InChI=1S/C22H27N3O2.ClH/c1-17-8-10-18(11-9-17)16-20(26)24-12-14-25(15-13-24)21(27)22(2,23)19-6-4-3-5-7-19;/h3-11H,12-16,23H2,1-2H3;1H. The van der Waals surface area contributed by atoms with Gasteiger partial charge in [-0.1, -0.05) is 60.2 Å². The zero-order chi connectivity index (χ0) is 19.4. The summed E-state index contributed by atoms with van der Waals surface area (Å²) in [6.07, 6.45) is 0.396. The number of benzene rings is 2. The first-order valence-corrected chi connectivity index (χ1v) is 9.35. The van der Waals surface area contributed by atoms with E-state index in [1.807, 2.05) is 66.4 Å². The molecule has 2 aromatic rings. The predicted molar refractivity (Wildman–Crippen MR) is 113 cm³/mol. The molecule has 1 unspecified atom stereocenters. The molecule has 1 saturated heterocycles. The quantitative estimate of drug-likeness (QED) is 0.855. The monoisotopic (exact) mass is 401 g/mol. The van der Waals surface area contributed by atoms with Gasteiger partial charge in [-0.15, -0.1) is 12.4 Å². The Morgan fingerprint density at radius 2 is 1.46 bits per heavy atom. The van der Waals surface area contributed by atoms with Crippen molar-refractivity contribution >= 4 is 24.2 Å². The van der Waals surface area contributed by atoms with Gasteiger partial charge in [0.2, 0.25) is 11.8 Å². The van der Waals surface area contributed by atoms with Gasteiger partial charge in [0.05, 0.1) is 6.42 Å². The maximum Gasteiger partial charge on any atom is 0.247 e. The van der Waals surface area contributed by atoms with E-state index in [0.29, 0.717) is 32.6 Å². The molecule has 2 N–H and O–H groups in total. The van der Waals surface area contributed by atoms with Gasteiger partial charge in [0, 0.05) is 26.2 Å². The Hall–Kier alpha value is -2.37. The zero-order valence-electron chi connectivity index (χ0n) is 16.4.